The highest BCUT2D eigenvalue weighted by molar-refractivity contribution is 6.13. The van der Waals surface area contributed by atoms with Crippen molar-refractivity contribution in [2.24, 2.45) is 0 Å². The van der Waals surface area contributed by atoms with Crippen LogP contribution in [-0.2, 0) is 0 Å². The average molecular weight is 448 g/mol. The summed E-state index contributed by atoms with van der Waals surface area (Å²) >= 11 is 0. The van der Waals surface area contributed by atoms with Crippen molar-refractivity contribution in [1.29, 1.82) is 0 Å². The zero-order valence-electron chi connectivity index (χ0n) is 18.5. The summed E-state index contributed by atoms with van der Waals surface area (Å²) in [5.41, 5.74) is 3.35. The van der Waals surface area contributed by atoms with Crippen molar-refractivity contribution < 1.29 is 13.6 Å². The number of furan rings is 1. The number of piperidine rings is 1. The molecule has 1 aromatic carbocycles. The minimum Gasteiger partial charge on any atom is -0.463 e. The molecule has 1 aliphatic carbocycles. The van der Waals surface area contributed by atoms with E-state index in [0.29, 0.717) is 28.6 Å². The van der Waals surface area contributed by atoms with Gasteiger partial charge >= 0.3 is 0 Å². The van der Waals surface area contributed by atoms with E-state index in [1.165, 1.54) is 18.9 Å². The van der Waals surface area contributed by atoms with Crippen LogP contribution < -0.4 is 15.5 Å². The largest absolute Gasteiger partial charge is 0.463 e. The van der Waals surface area contributed by atoms with Crippen LogP contribution in [0, 0.1) is 12.7 Å². The van der Waals surface area contributed by atoms with Crippen molar-refractivity contribution in [3.8, 4) is 0 Å². The molecule has 170 valence electrons. The molecule has 0 unspecified atom stereocenters. The molecule has 33 heavy (non-hydrogen) atoms. The maximum atomic E-state index is 14.4. The van der Waals surface area contributed by atoms with Crippen molar-refractivity contribution >= 4 is 33.9 Å². The van der Waals surface area contributed by atoms with Crippen LogP contribution in [0.1, 0.15) is 41.7 Å². The molecule has 8 heteroatoms. The van der Waals surface area contributed by atoms with Crippen LogP contribution in [0.25, 0.3) is 16.6 Å². The van der Waals surface area contributed by atoms with Crippen LogP contribution in [0.3, 0.4) is 0 Å². The van der Waals surface area contributed by atoms with Gasteiger partial charge in [-0.3, -0.25) is 4.79 Å². The Morgan fingerprint density at radius 1 is 1.12 bits per heavy atom. The van der Waals surface area contributed by atoms with E-state index < -0.39 is 5.82 Å². The number of fused-ring (bicyclic) bond motifs is 2. The fourth-order valence-corrected chi connectivity index (χ4v) is 4.82. The van der Waals surface area contributed by atoms with Gasteiger partial charge in [-0.25, -0.2) is 9.37 Å². The number of amides is 1. The highest BCUT2D eigenvalue weighted by Gasteiger charge is 2.28. The lowest BCUT2D eigenvalue weighted by Crippen LogP contribution is -2.43. The molecule has 2 fully saturated rings. The van der Waals surface area contributed by atoms with Crippen molar-refractivity contribution in [2.75, 3.05) is 23.3 Å². The average Bonchev–Trinajstić information content (AvgIpc) is 3.32. The summed E-state index contributed by atoms with van der Waals surface area (Å²) in [4.78, 5) is 19.6. The quantitative estimate of drug-likeness (QED) is 0.471. The first-order valence-electron chi connectivity index (χ1n) is 11.5. The lowest BCUT2D eigenvalue weighted by atomic mass is 10.0. The van der Waals surface area contributed by atoms with Crippen LogP contribution in [0.5, 0.6) is 0 Å². The van der Waals surface area contributed by atoms with E-state index in [9.17, 15) is 9.18 Å². The second-order valence-electron chi connectivity index (χ2n) is 9.14. The molecule has 6 rings (SSSR count). The summed E-state index contributed by atoms with van der Waals surface area (Å²) in [7, 11) is 0. The minimum atomic E-state index is -0.487. The Morgan fingerprint density at radius 2 is 1.91 bits per heavy atom. The molecule has 2 N–H and O–H groups in total. The Morgan fingerprint density at radius 3 is 2.70 bits per heavy atom. The summed E-state index contributed by atoms with van der Waals surface area (Å²) < 4.78 is 21.7. The third-order valence-corrected chi connectivity index (χ3v) is 6.61. The molecule has 4 heterocycles. The molecule has 0 radical (unpaired) electrons. The Labute approximate surface area is 190 Å². The summed E-state index contributed by atoms with van der Waals surface area (Å²) in [5.74, 6) is -0.830. The number of hydrogen-bond acceptors (Lipinski definition) is 5. The maximum absolute atomic E-state index is 14.4. The number of hydrogen-bond donors (Lipinski definition) is 2. The molecular weight excluding hydrogens is 421 g/mol. The van der Waals surface area contributed by atoms with Gasteiger partial charge in [0.15, 0.2) is 11.5 Å². The third-order valence-electron chi connectivity index (χ3n) is 6.61. The number of benzene rings is 1. The van der Waals surface area contributed by atoms with Gasteiger partial charge in [-0.2, -0.15) is 0 Å². The van der Waals surface area contributed by atoms with E-state index in [4.69, 9.17) is 4.42 Å². The van der Waals surface area contributed by atoms with Crippen molar-refractivity contribution in [3.05, 3.63) is 60.0 Å². The van der Waals surface area contributed by atoms with Gasteiger partial charge in [0.25, 0.3) is 5.91 Å². The van der Waals surface area contributed by atoms with E-state index in [1.807, 2.05) is 12.1 Å². The summed E-state index contributed by atoms with van der Waals surface area (Å²) in [6.45, 7) is 3.74. The predicted octanol–water partition coefficient (Wildman–Crippen LogP) is 4.50. The number of imidazole rings is 1. The van der Waals surface area contributed by atoms with Crippen LogP contribution in [0.2, 0.25) is 0 Å². The molecule has 2 aliphatic rings. The third kappa shape index (κ3) is 3.84. The van der Waals surface area contributed by atoms with Gasteiger partial charge in [0.05, 0.1) is 23.2 Å². The van der Waals surface area contributed by atoms with Gasteiger partial charge in [-0.1, -0.05) is 0 Å². The normalized spacial score (nSPS) is 17.2. The summed E-state index contributed by atoms with van der Waals surface area (Å²) in [6, 6.07) is 8.30. The number of pyridine rings is 1. The number of carbonyl (C=O) groups excluding carboxylic acids is 1. The molecule has 1 amide bonds. The fourth-order valence-electron chi connectivity index (χ4n) is 4.82. The van der Waals surface area contributed by atoms with Crippen molar-refractivity contribution in [3.63, 3.8) is 0 Å². The monoisotopic (exact) mass is 447 g/mol. The van der Waals surface area contributed by atoms with E-state index >= 15 is 0 Å². The molecule has 1 saturated heterocycles. The number of aromatic nitrogens is 2. The van der Waals surface area contributed by atoms with Gasteiger partial charge in [0.2, 0.25) is 0 Å². The van der Waals surface area contributed by atoms with Crippen LogP contribution in [0.4, 0.5) is 15.8 Å². The smallest absolute Gasteiger partial charge is 0.259 e. The topological polar surface area (TPSA) is 74.8 Å². The molecule has 0 atom stereocenters. The summed E-state index contributed by atoms with van der Waals surface area (Å²) in [6.07, 6.45) is 9.83. The second kappa shape index (κ2) is 7.88. The van der Waals surface area contributed by atoms with E-state index in [0.717, 1.165) is 43.0 Å². The Kier molecular flexibility index (Phi) is 4.83. The SMILES string of the molecule is Cc1cn2cc(NC(=O)c3ccc(N4CCC(NC5CC5)CC4)c4ccoc34)cc(F)c2n1. The zero-order valence-corrected chi connectivity index (χ0v) is 18.5. The number of nitrogens with one attached hydrogen (secondary N) is 2. The van der Waals surface area contributed by atoms with Gasteiger partial charge in [0.1, 0.15) is 5.58 Å². The van der Waals surface area contributed by atoms with E-state index in [1.54, 1.807) is 36.0 Å². The number of carbonyl (C=O) groups is 1. The first-order valence-corrected chi connectivity index (χ1v) is 11.5. The number of halogens is 1. The zero-order chi connectivity index (χ0) is 22.5. The van der Waals surface area contributed by atoms with Gasteiger partial charge in [-0.05, 0) is 50.8 Å². The second-order valence-corrected chi connectivity index (χ2v) is 9.14. The molecule has 0 bridgehead atoms. The molecule has 7 nitrogen and oxygen atoms in total. The van der Waals surface area contributed by atoms with Crippen LogP contribution in [-0.4, -0.2) is 40.5 Å². The Balaban J connectivity index is 1.23. The Bertz CT molecular complexity index is 1350. The van der Waals surface area contributed by atoms with E-state index in [2.05, 4.69) is 20.5 Å². The molecule has 3 aromatic heterocycles. The predicted molar refractivity (Wildman–Crippen MR) is 125 cm³/mol. The highest BCUT2D eigenvalue weighted by Crippen LogP contribution is 2.33. The molecule has 0 spiro atoms. The van der Waals surface area contributed by atoms with E-state index in [-0.39, 0.29) is 11.6 Å². The molecule has 1 saturated carbocycles. The molecule has 4 aromatic rings. The number of anilines is 2. The fraction of sp³-hybridized carbons (Fsp3) is 0.360. The maximum Gasteiger partial charge on any atom is 0.259 e. The lowest BCUT2D eigenvalue weighted by Gasteiger charge is -2.34. The van der Waals surface area contributed by atoms with Gasteiger partial charge < -0.3 is 24.4 Å². The van der Waals surface area contributed by atoms with Crippen LogP contribution in [0.15, 0.2) is 47.3 Å². The standard InChI is InChI=1S/C25H26FN5O2/c1-15-13-31-14-18(12-21(26)24(31)27-15)29-25(32)20-4-5-22(19-8-11-33-23(19)20)30-9-6-17(7-10-30)28-16-2-3-16/h4-5,8,11-14,16-17,28H,2-3,6-7,9-10H2,1H3,(H,29,32). The summed E-state index contributed by atoms with van der Waals surface area (Å²) in [5, 5.41) is 7.45. The van der Waals surface area contributed by atoms with Crippen molar-refractivity contribution in [2.45, 2.75) is 44.7 Å². The number of aryl methyl sites for hydroxylation is 1. The van der Waals surface area contributed by atoms with Gasteiger partial charge in [0, 0.05) is 54.7 Å². The van der Waals surface area contributed by atoms with Crippen molar-refractivity contribution in [1.82, 2.24) is 14.7 Å². The first-order chi connectivity index (χ1) is 16.0. The number of rotatable bonds is 5. The minimum absolute atomic E-state index is 0.236. The molecule has 1 aliphatic heterocycles. The highest BCUT2D eigenvalue weighted by atomic mass is 19.1. The van der Waals surface area contributed by atoms with Gasteiger partial charge in [-0.15, -0.1) is 0 Å². The first kappa shape index (κ1) is 20.2. The van der Waals surface area contributed by atoms with Crippen LogP contribution >= 0.6 is 0 Å². The molecular formula is C25H26FN5O2. The lowest BCUT2D eigenvalue weighted by molar-refractivity contribution is 0.102. The Hall–Kier alpha value is -3.39. The number of nitrogens with zero attached hydrogens (tertiary/aromatic N) is 3.